The topological polar surface area (TPSA) is 50.4 Å². The molecule has 0 unspecified atom stereocenters. The van der Waals surface area contributed by atoms with Crippen LogP contribution in [0.3, 0.4) is 0 Å². The minimum absolute atomic E-state index is 0.210. The second kappa shape index (κ2) is 11.0. The number of ether oxygens (including phenoxy) is 1. The first-order valence-corrected chi connectivity index (χ1v) is 10.5. The summed E-state index contributed by atoms with van der Waals surface area (Å²) in [5.41, 5.74) is 2.48. The van der Waals surface area contributed by atoms with Crippen molar-refractivity contribution in [1.29, 1.82) is 0 Å². The Balaban J connectivity index is 1.49. The van der Waals surface area contributed by atoms with Gasteiger partial charge in [0.25, 0.3) is 5.91 Å². The number of carbonyl (C=O) groups excluding carboxylic acids is 1. The van der Waals surface area contributed by atoms with Crippen molar-refractivity contribution in [1.82, 2.24) is 10.6 Å². The molecule has 0 spiro atoms. The summed E-state index contributed by atoms with van der Waals surface area (Å²) in [6, 6.07) is 22.3. The number of halogens is 2. The highest BCUT2D eigenvalue weighted by Gasteiger charge is 2.10. The molecule has 0 aliphatic rings. The van der Waals surface area contributed by atoms with Gasteiger partial charge < -0.3 is 10.1 Å². The number of hydrogen-bond acceptors (Lipinski definition) is 3. The predicted octanol–water partition coefficient (Wildman–Crippen LogP) is 5.42. The van der Waals surface area contributed by atoms with Gasteiger partial charge in [0.05, 0.1) is 6.61 Å². The Kier molecular flexibility index (Phi) is 8.08. The third-order valence-corrected chi connectivity index (χ3v) is 5.11. The van der Waals surface area contributed by atoms with Crippen LogP contribution >= 0.6 is 35.4 Å². The van der Waals surface area contributed by atoms with Crippen LogP contribution < -0.4 is 15.4 Å². The van der Waals surface area contributed by atoms with Gasteiger partial charge in [0, 0.05) is 28.6 Å². The zero-order chi connectivity index (χ0) is 21.3. The van der Waals surface area contributed by atoms with Crippen LogP contribution in [0.4, 0.5) is 0 Å². The predicted molar refractivity (Wildman–Crippen MR) is 125 cm³/mol. The molecular formula is C23H20Cl2N2O2S. The summed E-state index contributed by atoms with van der Waals surface area (Å²) in [6.45, 7) is 0.897. The van der Waals surface area contributed by atoms with E-state index in [0.717, 1.165) is 12.0 Å². The molecule has 4 nitrogen and oxygen atoms in total. The monoisotopic (exact) mass is 458 g/mol. The van der Waals surface area contributed by atoms with Gasteiger partial charge in [-0.3, -0.25) is 10.1 Å². The fourth-order valence-corrected chi connectivity index (χ4v) is 3.36. The Hall–Kier alpha value is -2.60. The first-order valence-electron chi connectivity index (χ1n) is 9.31. The van der Waals surface area contributed by atoms with Crippen LogP contribution in [0.25, 0.3) is 0 Å². The van der Waals surface area contributed by atoms with Crippen LogP contribution in [0.2, 0.25) is 10.0 Å². The molecule has 0 saturated carbocycles. The van der Waals surface area contributed by atoms with Gasteiger partial charge in [-0.25, -0.2) is 0 Å². The van der Waals surface area contributed by atoms with Crippen molar-refractivity contribution in [2.75, 3.05) is 6.61 Å². The second-order valence-corrected chi connectivity index (χ2v) is 7.74. The minimum Gasteiger partial charge on any atom is -0.493 e. The summed E-state index contributed by atoms with van der Waals surface area (Å²) in [5, 5.41) is 6.93. The molecule has 3 rings (SSSR count). The lowest BCUT2D eigenvalue weighted by atomic mass is 10.2. The van der Waals surface area contributed by atoms with E-state index in [4.69, 9.17) is 40.2 Å². The second-order valence-electron chi connectivity index (χ2n) is 6.48. The van der Waals surface area contributed by atoms with Gasteiger partial charge in [-0.15, -0.1) is 0 Å². The van der Waals surface area contributed by atoms with Gasteiger partial charge in [0.15, 0.2) is 5.11 Å². The zero-order valence-corrected chi connectivity index (χ0v) is 18.4. The number of thiocarbonyl (C=S) groups is 1. The molecular weight excluding hydrogens is 439 g/mol. The Morgan fingerprint density at radius 2 is 1.77 bits per heavy atom. The largest absolute Gasteiger partial charge is 0.493 e. The van der Waals surface area contributed by atoms with E-state index in [9.17, 15) is 4.79 Å². The van der Waals surface area contributed by atoms with Gasteiger partial charge in [-0.1, -0.05) is 65.7 Å². The van der Waals surface area contributed by atoms with E-state index in [0.29, 0.717) is 34.5 Å². The summed E-state index contributed by atoms with van der Waals surface area (Å²) >= 11 is 17.2. The van der Waals surface area contributed by atoms with E-state index in [2.05, 4.69) is 22.8 Å². The number of rotatable bonds is 7. The fourth-order valence-electron chi connectivity index (χ4n) is 2.72. The number of amides is 1. The summed E-state index contributed by atoms with van der Waals surface area (Å²) in [6.07, 6.45) is 0.790. The van der Waals surface area contributed by atoms with Crippen molar-refractivity contribution in [3.8, 4) is 5.75 Å². The van der Waals surface area contributed by atoms with Crippen molar-refractivity contribution in [3.63, 3.8) is 0 Å². The summed E-state index contributed by atoms with van der Waals surface area (Å²) in [7, 11) is 0. The van der Waals surface area contributed by atoms with Crippen molar-refractivity contribution in [3.05, 3.63) is 99.5 Å². The smallest absolute Gasteiger partial charge is 0.257 e. The van der Waals surface area contributed by atoms with E-state index in [1.165, 1.54) is 5.56 Å². The molecule has 7 heteroatoms. The lowest BCUT2D eigenvalue weighted by Gasteiger charge is -2.12. The first kappa shape index (κ1) is 22.1. The third-order valence-electron chi connectivity index (χ3n) is 4.28. The molecule has 0 fully saturated rings. The molecule has 0 aromatic heterocycles. The number of hydrogen-bond donors (Lipinski definition) is 2. The lowest BCUT2D eigenvalue weighted by Crippen LogP contribution is -2.38. The maximum atomic E-state index is 12.5. The van der Waals surface area contributed by atoms with E-state index in [-0.39, 0.29) is 11.0 Å². The van der Waals surface area contributed by atoms with Gasteiger partial charge >= 0.3 is 0 Å². The van der Waals surface area contributed by atoms with E-state index >= 15 is 0 Å². The number of benzene rings is 3. The minimum atomic E-state index is -0.316. The van der Waals surface area contributed by atoms with Crippen LogP contribution in [0.5, 0.6) is 5.75 Å². The standard InChI is InChI=1S/C23H20Cl2N2O2S/c24-19-10-9-18(21(25)14-19)15-26-23(30)27-22(28)17-7-4-8-20(13-17)29-12-11-16-5-2-1-3-6-16/h1-10,13-14H,11-12,15H2,(H2,26,27,28,30). The van der Waals surface area contributed by atoms with Crippen molar-refractivity contribution in [2.45, 2.75) is 13.0 Å². The molecule has 1 amide bonds. The lowest BCUT2D eigenvalue weighted by molar-refractivity contribution is 0.0976. The molecule has 0 atom stereocenters. The number of nitrogens with one attached hydrogen (secondary N) is 2. The highest BCUT2D eigenvalue weighted by molar-refractivity contribution is 7.80. The highest BCUT2D eigenvalue weighted by Crippen LogP contribution is 2.20. The molecule has 0 saturated heterocycles. The molecule has 3 aromatic carbocycles. The Labute approximate surface area is 191 Å². The normalized spacial score (nSPS) is 10.3. The fraction of sp³-hybridized carbons (Fsp3) is 0.130. The molecule has 0 heterocycles. The van der Waals surface area contributed by atoms with Crippen LogP contribution in [-0.2, 0) is 13.0 Å². The Morgan fingerprint density at radius 3 is 2.53 bits per heavy atom. The average Bonchev–Trinajstić information content (AvgIpc) is 2.74. The number of carbonyl (C=O) groups is 1. The molecule has 0 aliphatic heterocycles. The van der Waals surface area contributed by atoms with Gasteiger partial charge in [0.1, 0.15) is 5.75 Å². The third kappa shape index (κ3) is 6.73. The molecule has 30 heavy (non-hydrogen) atoms. The summed E-state index contributed by atoms with van der Waals surface area (Å²) in [4.78, 5) is 12.5. The molecule has 2 N–H and O–H groups in total. The van der Waals surface area contributed by atoms with E-state index in [1.807, 2.05) is 24.3 Å². The molecule has 3 aromatic rings. The molecule has 0 bridgehead atoms. The van der Waals surface area contributed by atoms with E-state index < -0.39 is 0 Å². The average molecular weight is 459 g/mol. The van der Waals surface area contributed by atoms with Gasteiger partial charge in [-0.05, 0) is 53.7 Å². The maximum absolute atomic E-state index is 12.5. The quantitative estimate of drug-likeness (QED) is 0.464. The molecule has 154 valence electrons. The molecule has 0 radical (unpaired) electrons. The van der Waals surface area contributed by atoms with Gasteiger partial charge in [0.2, 0.25) is 0 Å². The zero-order valence-electron chi connectivity index (χ0n) is 16.0. The Morgan fingerprint density at radius 1 is 0.967 bits per heavy atom. The van der Waals surface area contributed by atoms with Crippen LogP contribution in [0.1, 0.15) is 21.5 Å². The van der Waals surface area contributed by atoms with Crippen LogP contribution in [-0.4, -0.2) is 17.6 Å². The van der Waals surface area contributed by atoms with Crippen molar-refractivity contribution < 1.29 is 9.53 Å². The van der Waals surface area contributed by atoms with Crippen molar-refractivity contribution in [2.24, 2.45) is 0 Å². The van der Waals surface area contributed by atoms with Crippen molar-refractivity contribution >= 4 is 46.4 Å². The summed E-state index contributed by atoms with van der Waals surface area (Å²) < 4.78 is 5.78. The maximum Gasteiger partial charge on any atom is 0.257 e. The van der Waals surface area contributed by atoms with Crippen LogP contribution in [0, 0.1) is 0 Å². The molecule has 0 aliphatic carbocycles. The SMILES string of the molecule is O=C(NC(=S)NCc1ccc(Cl)cc1Cl)c1cccc(OCCc2ccccc2)c1. The first-order chi connectivity index (χ1) is 14.5. The van der Waals surface area contributed by atoms with E-state index in [1.54, 1.807) is 36.4 Å². The highest BCUT2D eigenvalue weighted by atomic mass is 35.5. The van der Waals surface area contributed by atoms with Crippen LogP contribution in [0.15, 0.2) is 72.8 Å². The Bertz CT molecular complexity index is 1030. The van der Waals surface area contributed by atoms with Gasteiger partial charge in [-0.2, -0.15) is 0 Å². The summed E-state index contributed by atoms with van der Waals surface area (Å²) in [5.74, 6) is 0.314.